The Morgan fingerprint density at radius 1 is 1.12 bits per heavy atom. The molecule has 0 bridgehead atoms. The summed E-state index contributed by atoms with van der Waals surface area (Å²) in [5.41, 5.74) is 0. The van der Waals surface area contributed by atoms with E-state index in [1.165, 1.54) is 0 Å². The largest absolute Gasteiger partial charge is 0.355 e. The van der Waals surface area contributed by atoms with Gasteiger partial charge in [0.25, 0.3) is 0 Å². The third-order valence-electron chi connectivity index (χ3n) is 3.76. The van der Waals surface area contributed by atoms with Gasteiger partial charge in [0.1, 0.15) is 6.04 Å². The first-order chi connectivity index (χ1) is 11.1. The van der Waals surface area contributed by atoms with E-state index in [9.17, 15) is 9.59 Å². The van der Waals surface area contributed by atoms with Gasteiger partial charge in [-0.2, -0.15) is 11.8 Å². The summed E-state index contributed by atoms with van der Waals surface area (Å²) in [6.45, 7) is 13.0. The number of hydrogen-bond donors (Lipinski definition) is 3. The lowest BCUT2D eigenvalue weighted by Crippen LogP contribution is -2.55. The van der Waals surface area contributed by atoms with Crippen molar-refractivity contribution in [2.45, 2.75) is 77.6 Å². The summed E-state index contributed by atoms with van der Waals surface area (Å²) in [6.07, 6.45) is 2.63. The Morgan fingerprint density at radius 3 is 2.25 bits per heavy atom. The molecule has 0 saturated heterocycles. The van der Waals surface area contributed by atoms with Crippen LogP contribution in [0.15, 0.2) is 0 Å². The van der Waals surface area contributed by atoms with Crippen LogP contribution in [0, 0.1) is 5.92 Å². The van der Waals surface area contributed by atoms with Gasteiger partial charge in [0.2, 0.25) is 11.8 Å². The number of amides is 2. The Kier molecular flexibility index (Phi) is 11.4. The number of rotatable bonds is 12. The maximum absolute atomic E-state index is 12.3. The molecule has 0 aliphatic rings. The van der Waals surface area contributed by atoms with Gasteiger partial charge >= 0.3 is 0 Å². The number of likely N-dealkylation sites (N-methyl/N-ethyl adjacent to an activating group) is 1. The molecule has 2 amide bonds. The first-order valence-electron chi connectivity index (χ1n) is 8.98. The van der Waals surface area contributed by atoms with Gasteiger partial charge < -0.3 is 16.0 Å². The molecule has 0 aliphatic carbocycles. The molecule has 0 heterocycles. The molecule has 0 aliphatic heterocycles. The van der Waals surface area contributed by atoms with Crippen molar-refractivity contribution < 1.29 is 9.59 Å². The maximum atomic E-state index is 12.3. The quantitative estimate of drug-likeness (QED) is 0.468. The molecular formula is C18H37N3O2S. The topological polar surface area (TPSA) is 70.2 Å². The monoisotopic (exact) mass is 359 g/mol. The van der Waals surface area contributed by atoms with Crippen LogP contribution in [0.2, 0.25) is 0 Å². The van der Waals surface area contributed by atoms with Crippen LogP contribution in [0.5, 0.6) is 0 Å². The van der Waals surface area contributed by atoms with Crippen molar-refractivity contribution in [3.63, 3.8) is 0 Å². The van der Waals surface area contributed by atoms with Crippen molar-refractivity contribution in [1.29, 1.82) is 0 Å². The van der Waals surface area contributed by atoms with E-state index in [4.69, 9.17) is 0 Å². The van der Waals surface area contributed by atoms with Gasteiger partial charge in [0.15, 0.2) is 0 Å². The molecule has 0 rings (SSSR count). The fourth-order valence-electron chi connectivity index (χ4n) is 2.51. The van der Waals surface area contributed by atoms with Crippen molar-refractivity contribution in [3.8, 4) is 0 Å². The molecule has 3 N–H and O–H groups in total. The molecule has 0 aromatic heterocycles. The summed E-state index contributed by atoms with van der Waals surface area (Å²) in [6, 6.07) is -0.147. The highest BCUT2D eigenvalue weighted by molar-refractivity contribution is 8.00. The van der Waals surface area contributed by atoms with Crippen LogP contribution in [0.1, 0.15) is 60.8 Å². The molecule has 1 atom stereocenters. The van der Waals surface area contributed by atoms with Crippen molar-refractivity contribution in [2.75, 3.05) is 19.3 Å². The Labute approximate surface area is 152 Å². The smallest absolute Gasteiger partial charge is 0.238 e. The maximum Gasteiger partial charge on any atom is 0.238 e. The van der Waals surface area contributed by atoms with Crippen LogP contribution in [0.4, 0.5) is 0 Å². The lowest BCUT2D eigenvalue weighted by Gasteiger charge is -2.33. The van der Waals surface area contributed by atoms with Crippen molar-refractivity contribution >= 4 is 23.6 Å². The first-order valence-corrected chi connectivity index (χ1v) is 9.97. The number of hydrogen-bond acceptors (Lipinski definition) is 4. The van der Waals surface area contributed by atoms with Crippen LogP contribution >= 0.6 is 11.8 Å². The molecule has 0 aromatic carbocycles. The summed E-state index contributed by atoms with van der Waals surface area (Å²) >= 11 is 1.70. The zero-order valence-corrected chi connectivity index (χ0v) is 17.3. The summed E-state index contributed by atoms with van der Waals surface area (Å²) in [5, 5.41) is 9.04. The molecule has 0 radical (unpaired) electrons. The normalized spacial score (nSPS) is 13.2. The Morgan fingerprint density at radius 2 is 1.75 bits per heavy atom. The van der Waals surface area contributed by atoms with E-state index < -0.39 is 0 Å². The average molecular weight is 360 g/mol. The predicted molar refractivity (Wildman–Crippen MR) is 104 cm³/mol. The number of carbonyl (C=O) groups excluding carboxylic acids is 2. The van der Waals surface area contributed by atoms with Crippen molar-refractivity contribution in [2.24, 2.45) is 5.92 Å². The number of carbonyl (C=O) groups is 2. The third-order valence-corrected chi connectivity index (χ3v) is 5.15. The van der Waals surface area contributed by atoms with Crippen LogP contribution in [-0.4, -0.2) is 48.0 Å². The molecule has 0 fully saturated rings. The Balaban J connectivity index is 4.17. The fourth-order valence-corrected chi connectivity index (χ4v) is 3.63. The Bertz CT molecular complexity index is 384. The van der Waals surface area contributed by atoms with Gasteiger partial charge in [-0.05, 0) is 47.1 Å². The average Bonchev–Trinajstić information content (AvgIpc) is 2.42. The first kappa shape index (κ1) is 23.2. The van der Waals surface area contributed by atoms with E-state index in [0.717, 1.165) is 18.6 Å². The molecule has 142 valence electrons. The lowest BCUT2D eigenvalue weighted by atomic mass is 10.0. The Hall–Kier alpha value is -0.750. The number of thioether (sulfide) groups is 1. The molecule has 5 nitrogen and oxygen atoms in total. The van der Waals surface area contributed by atoms with Crippen LogP contribution in [0.25, 0.3) is 0 Å². The molecule has 0 spiro atoms. The zero-order valence-electron chi connectivity index (χ0n) is 16.5. The second-order valence-electron chi connectivity index (χ2n) is 7.47. The minimum atomic E-state index is -0.272. The van der Waals surface area contributed by atoms with Crippen molar-refractivity contribution in [3.05, 3.63) is 0 Å². The second kappa shape index (κ2) is 11.7. The van der Waals surface area contributed by atoms with Gasteiger partial charge in [-0.15, -0.1) is 0 Å². The van der Waals surface area contributed by atoms with Gasteiger partial charge in [-0.3, -0.25) is 9.59 Å². The van der Waals surface area contributed by atoms with E-state index >= 15 is 0 Å². The van der Waals surface area contributed by atoms with Crippen molar-refractivity contribution in [1.82, 2.24) is 16.0 Å². The van der Waals surface area contributed by atoms with E-state index in [2.05, 4.69) is 43.6 Å². The zero-order chi connectivity index (χ0) is 18.8. The summed E-state index contributed by atoms with van der Waals surface area (Å²) in [4.78, 5) is 24.1. The van der Waals surface area contributed by atoms with Gasteiger partial charge in [-0.25, -0.2) is 0 Å². The van der Waals surface area contributed by atoms with Crippen LogP contribution in [0.3, 0.4) is 0 Å². The fraction of sp³-hybridized carbons (Fsp3) is 0.889. The molecule has 1 unspecified atom stereocenters. The van der Waals surface area contributed by atoms with E-state index in [-0.39, 0.29) is 28.6 Å². The second-order valence-corrected chi connectivity index (χ2v) is 9.22. The van der Waals surface area contributed by atoms with Crippen LogP contribution in [-0.2, 0) is 9.59 Å². The lowest BCUT2D eigenvalue weighted by molar-refractivity contribution is -0.124. The molecule has 0 saturated carbocycles. The highest BCUT2D eigenvalue weighted by atomic mass is 32.2. The highest BCUT2D eigenvalue weighted by Crippen LogP contribution is 2.28. The minimum Gasteiger partial charge on any atom is -0.355 e. The van der Waals surface area contributed by atoms with Gasteiger partial charge in [0.05, 0.1) is 0 Å². The van der Waals surface area contributed by atoms with Gasteiger partial charge in [-0.1, -0.05) is 20.3 Å². The SMILES string of the molecule is CNC(C(=O)NC(C)C)C(C)(C)SCCNC(=O)CCCC(C)C. The summed E-state index contributed by atoms with van der Waals surface area (Å²) in [7, 11) is 1.81. The van der Waals surface area contributed by atoms with E-state index in [0.29, 0.717) is 18.9 Å². The van der Waals surface area contributed by atoms with Crippen LogP contribution < -0.4 is 16.0 Å². The van der Waals surface area contributed by atoms with Gasteiger partial charge in [0, 0.05) is 29.5 Å². The molecule has 0 aromatic rings. The molecule has 24 heavy (non-hydrogen) atoms. The van der Waals surface area contributed by atoms with E-state index in [1.54, 1.807) is 11.8 Å². The van der Waals surface area contributed by atoms with E-state index in [1.807, 2.05) is 20.9 Å². The number of nitrogens with one attached hydrogen (secondary N) is 3. The standard InChI is InChI=1S/C18H37N3O2S/c1-13(2)9-8-10-15(22)20-11-12-24-18(5,6)16(19-7)17(23)21-14(3)4/h13-14,16,19H,8-12H2,1-7H3,(H,20,22)(H,21,23). The minimum absolute atomic E-state index is 0.0164. The summed E-state index contributed by atoms with van der Waals surface area (Å²) in [5.74, 6) is 1.57. The third kappa shape index (κ3) is 10.2. The predicted octanol–water partition coefficient (Wildman–Crippen LogP) is 2.55. The molecular weight excluding hydrogens is 322 g/mol. The summed E-state index contributed by atoms with van der Waals surface area (Å²) < 4.78 is -0.254. The molecule has 6 heteroatoms. The highest BCUT2D eigenvalue weighted by Gasteiger charge is 2.34.